The first-order valence-electron chi connectivity index (χ1n) is 10.1. The maximum absolute atomic E-state index is 13.0. The molecule has 1 atom stereocenters. The standard InChI is InChI=1S/C24H32N2O3/c1-17(2)14-25-24(28)20(5)26(15-21-10-6-8-18(3)12-21)23(27)16-29-22-11-7-9-19(4)13-22/h6-13,17,20H,14-16H2,1-5H3,(H,25,28)/t20-/m0/s1. The Morgan fingerprint density at radius 3 is 2.28 bits per heavy atom. The molecule has 2 amide bonds. The molecule has 0 spiro atoms. The van der Waals surface area contributed by atoms with E-state index in [1.807, 2.05) is 76.2 Å². The molecule has 0 heterocycles. The molecule has 0 aliphatic rings. The van der Waals surface area contributed by atoms with Crippen LogP contribution in [0, 0.1) is 19.8 Å². The van der Waals surface area contributed by atoms with Crippen LogP contribution in [0.3, 0.4) is 0 Å². The monoisotopic (exact) mass is 396 g/mol. The van der Waals surface area contributed by atoms with Gasteiger partial charge in [-0.15, -0.1) is 0 Å². The summed E-state index contributed by atoms with van der Waals surface area (Å²) < 4.78 is 5.70. The molecule has 0 bridgehead atoms. The maximum Gasteiger partial charge on any atom is 0.261 e. The van der Waals surface area contributed by atoms with Gasteiger partial charge in [0.2, 0.25) is 5.91 Å². The van der Waals surface area contributed by atoms with Crippen molar-refractivity contribution in [3.05, 3.63) is 65.2 Å². The van der Waals surface area contributed by atoms with Gasteiger partial charge in [-0.05, 0) is 49.9 Å². The van der Waals surface area contributed by atoms with Crippen molar-refractivity contribution < 1.29 is 14.3 Å². The third kappa shape index (κ3) is 7.26. The minimum Gasteiger partial charge on any atom is -0.484 e. The molecule has 0 aliphatic carbocycles. The fourth-order valence-electron chi connectivity index (χ4n) is 2.98. The van der Waals surface area contributed by atoms with Gasteiger partial charge in [0.05, 0.1) is 0 Å². The molecular formula is C24H32N2O3. The number of ether oxygens (including phenoxy) is 1. The number of amides is 2. The molecule has 156 valence electrons. The van der Waals surface area contributed by atoms with E-state index < -0.39 is 6.04 Å². The third-order valence-corrected chi connectivity index (χ3v) is 4.64. The zero-order valence-corrected chi connectivity index (χ0v) is 18.1. The van der Waals surface area contributed by atoms with Crippen molar-refractivity contribution in [3.63, 3.8) is 0 Å². The van der Waals surface area contributed by atoms with Gasteiger partial charge in [-0.2, -0.15) is 0 Å². The number of nitrogens with one attached hydrogen (secondary N) is 1. The van der Waals surface area contributed by atoms with E-state index in [9.17, 15) is 9.59 Å². The van der Waals surface area contributed by atoms with Gasteiger partial charge in [-0.1, -0.05) is 55.8 Å². The van der Waals surface area contributed by atoms with E-state index in [0.29, 0.717) is 24.8 Å². The normalized spacial score (nSPS) is 11.8. The molecule has 29 heavy (non-hydrogen) atoms. The average molecular weight is 397 g/mol. The first kappa shape index (κ1) is 22.5. The number of rotatable bonds is 9. The first-order valence-corrected chi connectivity index (χ1v) is 10.1. The molecule has 2 aromatic carbocycles. The summed E-state index contributed by atoms with van der Waals surface area (Å²) in [5.41, 5.74) is 3.16. The van der Waals surface area contributed by atoms with Crippen molar-refractivity contribution in [2.45, 2.75) is 47.2 Å². The van der Waals surface area contributed by atoms with Crippen molar-refractivity contribution in [1.82, 2.24) is 10.2 Å². The molecule has 0 fully saturated rings. The van der Waals surface area contributed by atoms with Crippen molar-refractivity contribution in [2.24, 2.45) is 5.92 Å². The Kier molecular flexibility index (Phi) is 8.25. The second-order valence-electron chi connectivity index (χ2n) is 7.93. The highest BCUT2D eigenvalue weighted by atomic mass is 16.5. The predicted octanol–water partition coefficient (Wildman–Crippen LogP) is 3.87. The zero-order chi connectivity index (χ0) is 21.4. The molecular weight excluding hydrogens is 364 g/mol. The maximum atomic E-state index is 13.0. The number of carbonyl (C=O) groups excluding carboxylic acids is 2. The molecule has 5 heteroatoms. The van der Waals surface area contributed by atoms with Gasteiger partial charge in [-0.25, -0.2) is 0 Å². The molecule has 2 rings (SSSR count). The molecule has 0 saturated carbocycles. The Labute approximate surface area is 174 Å². The summed E-state index contributed by atoms with van der Waals surface area (Å²) in [6, 6.07) is 14.9. The van der Waals surface area contributed by atoms with Crippen LogP contribution < -0.4 is 10.1 Å². The van der Waals surface area contributed by atoms with E-state index in [1.54, 1.807) is 11.8 Å². The van der Waals surface area contributed by atoms with E-state index in [4.69, 9.17) is 4.74 Å². The highest BCUT2D eigenvalue weighted by Crippen LogP contribution is 2.15. The molecule has 1 N–H and O–H groups in total. The van der Waals surface area contributed by atoms with E-state index in [2.05, 4.69) is 5.32 Å². The van der Waals surface area contributed by atoms with Gasteiger partial charge in [0.25, 0.3) is 5.91 Å². The first-order chi connectivity index (χ1) is 13.8. The summed E-state index contributed by atoms with van der Waals surface area (Å²) in [4.78, 5) is 27.2. The number of hydrogen-bond donors (Lipinski definition) is 1. The summed E-state index contributed by atoms with van der Waals surface area (Å²) >= 11 is 0. The highest BCUT2D eigenvalue weighted by Gasteiger charge is 2.26. The Balaban J connectivity index is 2.13. The van der Waals surface area contributed by atoms with Gasteiger partial charge >= 0.3 is 0 Å². The van der Waals surface area contributed by atoms with Crippen molar-refractivity contribution >= 4 is 11.8 Å². The molecule has 0 aromatic heterocycles. The van der Waals surface area contributed by atoms with Crippen molar-refractivity contribution in [1.29, 1.82) is 0 Å². The highest BCUT2D eigenvalue weighted by molar-refractivity contribution is 5.87. The second kappa shape index (κ2) is 10.6. The fourth-order valence-corrected chi connectivity index (χ4v) is 2.98. The van der Waals surface area contributed by atoms with Crippen LogP contribution in [0.1, 0.15) is 37.5 Å². The smallest absolute Gasteiger partial charge is 0.261 e. The largest absolute Gasteiger partial charge is 0.484 e. The topological polar surface area (TPSA) is 58.6 Å². The van der Waals surface area contributed by atoms with Gasteiger partial charge in [0.1, 0.15) is 11.8 Å². The molecule has 5 nitrogen and oxygen atoms in total. The van der Waals surface area contributed by atoms with Crippen molar-refractivity contribution in [3.8, 4) is 5.75 Å². The summed E-state index contributed by atoms with van der Waals surface area (Å²) in [6.07, 6.45) is 0. The summed E-state index contributed by atoms with van der Waals surface area (Å²) in [7, 11) is 0. The van der Waals surface area contributed by atoms with Crippen LogP contribution >= 0.6 is 0 Å². The SMILES string of the molecule is Cc1cccc(CN(C(=O)COc2cccc(C)c2)[C@@H](C)C(=O)NCC(C)C)c1. The van der Waals surface area contributed by atoms with Crippen molar-refractivity contribution in [2.75, 3.05) is 13.2 Å². The minimum atomic E-state index is -0.595. The molecule has 0 aliphatic heterocycles. The van der Waals surface area contributed by atoms with Crippen LogP contribution in [-0.2, 0) is 16.1 Å². The zero-order valence-electron chi connectivity index (χ0n) is 18.1. The Hall–Kier alpha value is -2.82. The second-order valence-corrected chi connectivity index (χ2v) is 7.93. The van der Waals surface area contributed by atoms with E-state index in [-0.39, 0.29) is 18.4 Å². The average Bonchev–Trinajstić information content (AvgIpc) is 2.68. The Morgan fingerprint density at radius 1 is 1.00 bits per heavy atom. The lowest BCUT2D eigenvalue weighted by Gasteiger charge is -2.29. The van der Waals surface area contributed by atoms with Gasteiger partial charge in [0, 0.05) is 13.1 Å². The molecule has 0 saturated heterocycles. The van der Waals surface area contributed by atoms with E-state index in [0.717, 1.165) is 16.7 Å². The van der Waals surface area contributed by atoms with Gasteiger partial charge < -0.3 is 15.0 Å². The molecule has 0 unspecified atom stereocenters. The number of aryl methyl sites for hydroxylation is 2. The summed E-state index contributed by atoms with van der Waals surface area (Å²) in [5.74, 6) is 0.609. The lowest BCUT2D eigenvalue weighted by molar-refractivity contribution is -0.142. The van der Waals surface area contributed by atoms with Crippen LogP contribution in [-0.4, -0.2) is 35.9 Å². The van der Waals surface area contributed by atoms with E-state index >= 15 is 0 Å². The predicted molar refractivity (Wildman–Crippen MR) is 116 cm³/mol. The number of carbonyl (C=O) groups is 2. The van der Waals surface area contributed by atoms with Crippen LogP contribution in [0.15, 0.2) is 48.5 Å². The minimum absolute atomic E-state index is 0.114. The van der Waals surface area contributed by atoms with Crippen LogP contribution in [0.2, 0.25) is 0 Å². The third-order valence-electron chi connectivity index (χ3n) is 4.64. The van der Waals surface area contributed by atoms with Crippen LogP contribution in [0.25, 0.3) is 0 Å². The summed E-state index contributed by atoms with van der Waals surface area (Å²) in [6.45, 7) is 10.6. The quantitative estimate of drug-likeness (QED) is 0.700. The van der Waals surface area contributed by atoms with Gasteiger partial charge in [0.15, 0.2) is 6.61 Å². The summed E-state index contributed by atoms with van der Waals surface area (Å²) in [5, 5.41) is 2.92. The van der Waals surface area contributed by atoms with Crippen LogP contribution in [0.4, 0.5) is 0 Å². The van der Waals surface area contributed by atoms with Gasteiger partial charge in [-0.3, -0.25) is 9.59 Å². The lowest BCUT2D eigenvalue weighted by atomic mass is 10.1. The van der Waals surface area contributed by atoms with Crippen LogP contribution in [0.5, 0.6) is 5.75 Å². The fraction of sp³-hybridized carbons (Fsp3) is 0.417. The Morgan fingerprint density at radius 2 is 1.66 bits per heavy atom. The van der Waals surface area contributed by atoms with E-state index in [1.165, 1.54) is 0 Å². The number of hydrogen-bond acceptors (Lipinski definition) is 3. The molecule has 2 aromatic rings. The molecule has 0 radical (unpaired) electrons. The lowest BCUT2D eigenvalue weighted by Crippen LogP contribution is -2.49. The Bertz CT molecular complexity index is 832. The number of nitrogens with zero attached hydrogens (tertiary/aromatic N) is 1. The number of benzene rings is 2.